The summed E-state index contributed by atoms with van der Waals surface area (Å²) in [7, 11) is 0. The summed E-state index contributed by atoms with van der Waals surface area (Å²) in [5.41, 5.74) is 4.18. The van der Waals surface area contributed by atoms with Crippen LogP contribution in [0.3, 0.4) is 0 Å². The summed E-state index contributed by atoms with van der Waals surface area (Å²) in [5, 5.41) is 3.06. The normalized spacial score (nSPS) is 19.4. The highest BCUT2D eigenvalue weighted by Gasteiger charge is 2.39. The lowest BCUT2D eigenvalue weighted by atomic mass is 9.98. The Hall–Kier alpha value is -2.62. The van der Waals surface area contributed by atoms with Crippen LogP contribution in [-0.2, 0) is 11.2 Å². The molecule has 1 heterocycles. The van der Waals surface area contributed by atoms with Gasteiger partial charge >= 0.3 is 0 Å². The van der Waals surface area contributed by atoms with E-state index in [-0.39, 0.29) is 17.7 Å². The average molecular weight is 362 g/mol. The Morgan fingerprint density at radius 3 is 2.59 bits per heavy atom. The molecule has 1 aliphatic carbocycles. The molecule has 1 atom stereocenters. The maximum atomic E-state index is 12.8. The minimum Gasteiger partial charge on any atom is -0.352 e. The van der Waals surface area contributed by atoms with Gasteiger partial charge < -0.3 is 10.2 Å². The maximum Gasteiger partial charge on any atom is 0.251 e. The second kappa shape index (κ2) is 7.55. The lowest BCUT2D eigenvalue weighted by Gasteiger charge is -2.16. The molecule has 0 radical (unpaired) electrons. The quantitative estimate of drug-likeness (QED) is 0.857. The molecule has 1 saturated carbocycles. The summed E-state index contributed by atoms with van der Waals surface area (Å²) < 4.78 is 0. The summed E-state index contributed by atoms with van der Waals surface area (Å²) in [6, 6.07) is 16.7. The van der Waals surface area contributed by atoms with Crippen LogP contribution in [0.5, 0.6) is 0 Å². The van der Waals surface area contributed by atoms with Gasteiger partial charge in [-0.2, -0.15) is 0 Å². The van der Waals surface area contributed by atoms with Crippen LogP contribution in [-0.4, -0.2) is 35.8 Å². The molecule has 140 valence electrons. The fraction of sp³-hybridized carbons (Fsp3) is 0.391. The minimum absolute atomic E-state index is 0.0463. The zero-order valence-electron chi connectivity index (χ0n) is 15.8. The second-order valence-corrected chi connectivity index (χ2v) is 7.88. The fourth-order valence-electron chi connectivity index (χ4n) is 3.84. The molecule has 2 aromatic rings. The molecular weight excluding hydrogens is 336 g/mol. The van der Waals surface area contributed by atoms with Crippen LogP contribution in [0.1, 0.15) is 46.3 Å². The smallest absolute Gasteiger partial charge is 0.251 e. The van der Waals surface area contributed by atoms with Gasteiger partial charge in [-0.1, -0.05) is 48.0 Å². The van der Waals surface area contributed by atoms with Gasteiger partial charge in [-0.25, -0.2) is 0 Å². The molecule has 2 amide bonds. The summed E-state index contributed by atoms with van der Waals surface area (Å²) in [6.07, 6.45) is 3.57. The second-order valence-electron chi connectivity index (χ2n) is 7.88. The molecule has 1 aliphatic heterocycles. The molecule has 1 N–H and O–H groups in total. The third kappa shape index (κ3) is 4.21. The van der Waals surface area contributed by atoms with Gasteiger partial charge in [-0.3, -0.25) is 9.59 Å². The first-order valence-corrected chi connectivity index (χ1v) is 9.81. The molecule has 4 nitrogen and oxygen atoms in total. The van der Waals surface area contributed by atoms with E-state index in [9.17, 15) is 9.59 Å². The lowest BCUT2D eigenvalue weighted by Crippen LogP contribution is -2.32. The highest BCUT2D eigenvalue weighted by molar-refractivity contribution is 5.95. The Morgan fingerprint density at radius 2 is 1.85 bits per heavy atom. The summed E-state index contributed by atoms with van der Waals surface area (Å²) >= 11 is 0. The number of hydrogen-bond acceptors (Lipinski definition) is 2. The summed E-state index contributed by atoms with van der Waals surface area (Å²) in [4.78, 5) is 26.8. The number of amides is 2. The predicted octanol–water partition coefficient (Wildman–Crippen LogP) is 3.33. The Morgan fingerprint density at radius 1 is 1.11 bits per heavy atom. The SMILES string of the molecule is Cc1ccc(Cc2ccccc2C(=O)NC[C@H]2CC(=O)N(C3CC3)C2)cc1. The van der Waals surface area contributed by atoms with Crippen molar-refractivity contribution in [1.29, 1.82) is 0 Å². The molecule has 27 heavy (non-hydrogen) atoms. The number of hydrogen-bond donors (Lipinski definition) is 1. The number of rotatable bonds is 6. The van der Waals surface area contributed by atoms with Gasteiger partial charge in [-0.05, 0) is 43.4 Å². The van der Waals surface area contributed by atoms with Crippen LogP contribution in [0, 0.1) is 12.8 Å². The minimum atomic E-state index is -0.0463. The maximum absolute atomic E-state index is 12.8. The van der Waals surface area contributed by atoms with E-state index < -0.39 is 0 Å². The van der Waals surface area contributed by atoms with Gasteiger partial charge in [0.15, 0.2) is 0 Å². The number of carbonyl (C=O) groups excluding carboxylic acids is 2. The first-order valence-electron chi connectivity index (χ1n) is 9.81. The van der Waals surface area contributed by atoms with E-state index in [1.54, 1.807) is 0 Å². The standard InChI is InChI=1S/C23H26N2O2/c1-16-6-8-17(9-7-16)12-19-4-2-3-5-21(19)23(27)24-14-18-13-22(26)25(15-18)20-10-11-20/h2-9,18,20H,10-15H2,1H3,(H,24,27)/t18-/m1/s1. The van der Waals surface area contributed by atoms with Crippen molar-refractivity contribution in [3.8, 4) is 0 Å². The van der Waals surface area contributed by atoms with Gasteiger partial charge in [-0.15, -0.1) is 0 Å². The van der Waals surface area contributed by atoms with Crippen molar-refractivity contribution in [1.82, 2.24) is 10.2 Å². The molecule has 0 bridgehead atoms. The van der Waals surface area contributed by atoms with Gasteiger partial charge in [0.2, 0.25) is 5.91 Å². The topological polar surface area (TPSA) is 49.4 Å². The molecule has 2 aromatic carbocycles. The van der Waals surface area contributed by atoms with E-state index in [4.69, 9.17) is 0 Å². The number of nitrogens with zero attached hydrogens (tertiary/aromatic N) is 1. The number of benzene rings is 2. The van der Waals surface area contributed by atoms with Crippen molar-refractivity contribution in [2.45, 2.75) is 38.6 Å². The zero-order valence-corrected chi connectivity index (χ0v) is 15.8. The third-order valence-corrected chi connectivity index (χ3v) is 5.55. The van der Waals surface area contributed by atoms with E-state index in [1.165, 1.54) is 11.1 Å². The van der Waals surface area contributed by atoms with Gasteiger partial charge in [0.1, 0.15) is 0 Å². The van der Waals surface area contributed by atoms with Gasteiger partial charge in [0.05, 0.1) is 0 Å². The number of nitrogens with one attached hydrogen (secondary N) is 1. The van der Waals surface area contributed by atoms with Crippen molar-refractivity contribution in [2.24, 2.45) is 5.92 Å². The van der Waals surface area contributed by atoms with Crippen LogP contribution in [0.25, 0.3) is 0 Å². The van der Waals surface area contributed by atoms with Crippen molar-refractivity contribution in [2.75, 3.05) is 13.1 Å². The Bertz CT molecular complexity index is 840. The first kappa shape index (κ1) is 17.8. The van der Waals surface area contributed by atoms with Gasteiger partial charge in [0, 0.05) is 37.0 Å². The molecule has 4 heteroatoms. The van der Waals surface area contributed by atoms with E-state index in [1.807, 2.05) is 29.2 Å². The van der Waals surface area contributed by atoms with Crippen LogP contribution < -0.4 is 5.32 Å². The fourth-order valence-corrected chi connectivity index (χ4v) is 3.84. The van der Waals surface area contributed by atoms with Crippen molar-refractivity contribution in [3.63, 3.8) is 0 Å². The highest BCUT2D eigenvalue weighted by Crippen LogP contribution is 2.32. The predicted molar refractivity (Wildman–Crippen MR) is 106 cm³/mol. The Labute approximate surface area is 160 Å². The van der Waals surface area contributed by atoms with Crippen LogP contribution in [0.15, 0.2) is 48.5 Å². The molecule has 0 unspecified atom stereocenters. The largest absolute Gasteiger partial charge is 0.352 e. The molecule has 2 fully saturated rings. The van der Waals surface area contributed by atoms with Crippen LogP contribution in [0.4, 0.5) is 0 Å². The van der Waals surface area contributed by atoms with E-state index in [0.29, 0.717) is 19.0 Å². The van der Waals surface area contributed by atoms with Crippen LogP contribution >= 0.6 is 0 Å². The lowest BCUT2D eigenvalue weighted by molar-refractivity contribution is -0.128. The van der Waals surface area contributed by atoms with E-state index >= 15 is 0 Å². The summed E-state index contributed by atoms with van der Waals surface area (Å²) in [5.74, 6) is 0.429. The molecule has 4 rings (SSSR count). The average Bonchev–Trinajstić information content (AvgIpc) is 3.45. The Kier molecular flexibility index (Phi) is 4.97. The van der Waals surface area contributed by atoms with Gasteiger partial charge in [0.25, 0.3) is 5.91 Å². The van der Waals surface area contributed by atoms with E-state index in [2.05, 4.69) is 36.5 Å². The number of carbonyl (C=O) groups is 2. The molecular formula is C23H26N2O2. The van der Waals surface area contributed by atoms with E-state index in [0.717, 1.165) is 36.9 Å². The first-order chi connectivity index (χ1) is 13.1. The van der Waals surface area contributed by atoms with Crippen LogP contribution in [0.2, 0.25) is 0 Å². The number of aryl methyl sites for hydroxylation is 1. The molecule has 2 aliphatic rings. The third-order valence-electron chi connectivity index (χ3n) is 5.55. The highest BCUT2D eigenvalue weighted by atomic mass is 16.2. The summed E-state index contributed by atoms with van der Waals surface area (Å²) in [6.45, 7) is 3.42. The molecule has 0 aromatic heterocycles. The monoisotopic (exact) mass is 362 g/mol. The zero-order chi connectivity index (χ0) is 18.8. The van der Waals surface area contributed by atoms with Crippen molar-refractivity contribution < 1.29 is 9.59 Å². The molecule has 1 saturated heterocycles. The number of likely N-dealkylation sites (tertiary alicyclic amines) is 1. The van der Waals surface area contributed by atoms with Crippen molar-refractivity contribution in [3.05, 3.63) is 70.8 Å². The molecule has 0 spiro atoms. The Balaban J connectivity index is 1.38. The van der Waals surface area contributed by atoms with Crippen molar-refractivity contribution >= 4 is 11.8 Å².